The molecule has 0 aliphatic heterocycles. The fourth-order valence-corrected chi connectivity index (χ4v) is 2.62. The third-order valence-corrected chi connectivity index (χ3v) is 4.07. The number of nitrogens with zero attached hydrogens (tertiary/aromatic N) is 1. The number of hydrogen-bond acceptors (Lipinski definition) is 3. The molecule has 0 bridgehead atoms. The highest BCUT2D eigenvalue weighted by molar-refractivity contribution is 9.10. The lowest BCUT2D eigenvalue weighted by Crippen LogP contribution is -2.34. The van der Waals surface area contributed by atoms with Crippen molar-refractivity contribution in [3.05, 3.63) is 57.5 Å². The van der Waals surface area contributed by atoms with E-state index in [2.05, 4.69) is 26.6 Å². The van der Waals surface area contributed by atoms with Gasteiger partial charge in [-0.1, -0.05) is 27.5 Å². The molecule has 0 atom stereocenters. The number of hydrogen-bond donors (Lipinski definition) is 2. The van der Waals surface area contributed by atoms with Crippen LogP contribution in [0.3, 0.4) is 0 Å². The number of carbonyl (C=O) groups is 1. The van der Waals surface area contributed by atoms with E-state index < -0.39 is 0 Å². The highest BCUT2D eigenvalue weighted by atomic mass is 79.9. The van der Waals surface area contributed by atoms with Crippen LogP contribution in [0.15, 0.2) is 46.9 Å². The molecule has 0 spiro atoms. The van der Waals surface area contributed by atoms with Gasteiger partial charge in [-0.05, 0) is 54.7 Å². The van der Waals surface area contributed by atoms with Gasteiger partial charge in [0, 0.05) is 29.9 Å². The Morgan fingerprint density at radius 3 is 2.43 bits per heavy atom. The van der Waals surface area contributed by atoms with E-state index >= 15 is 0 Å². The van der Waals surface area contributed by atoms with Crippen molar-refractivity contribution in [1.82, 2.24) is 5.32 Å². The van der Waals surface area contributed by atoms with E-state index in [-0.39, 0.29) is 11.0 Å². The van der Waals surface area contributed by atoms with Crippen LogP contribution in [0.1, 0.15) is 10.4 Å². The number of carbonyl (C=O) groups excluding carboxylic acids is 1. The topological polar surface area (TPSA) is 44.4 Å². The summed E-state index contributed by atoms with van der Waals surface area (Å²) in [4.78, 5) is 14.2. The van der Waals surface area contributed by atoms with Crippen molar-refractivity contribution in [1.29, 1.82) is 0 Å². The molecule has 0 radical (unpaired) electrons. The number of halogens is 2. The molecule has 2 aromatic carbocycles. The molecule has 23 heavy (non-hydrogen) atoms. The fourth-order valence-electron chi connectivity index (χ4n) is 1.85. The van der Waals surface area contributed by atoms with Crippen molar-refractivity contribution < 1.29 is 4.79 Å². The summed E-state index contributed by atoms with van der Waals surface area (Å²) in [6.07, 6.45) is 0. The van der Waals surface area contributed by atoms with Crippen molar-refractivity contribution in [2.45, 2.75) is 0 Å². The van der Waals surface area contributed by atoms with Crippen LogP contribution in [0.25, 0.3) is 0 Å². The molecule has 2 N–H and O–H groups in total. The van der Waals surface area contributed by atoms with Crippen molar-refractivity contribution in [3.63, 3.8) is 0 Å². The van der Waals surface area contributed by atoms with Crippen LogP contribution in [0.4, 0.5) is 11.4 Å². The van der Waals surface area contributed by atoms with Crippen molar-refractivity contribution >= 4 is 62.1 Å². The Kier molecular flexibility index (Phi) is 5.98. The molecule has 0 fully saturated rings. The number of anilines is 2. The number of thiocarbonyl (C=S) groups is 1. The Morgan fingerprint density at radius 1 is 1.17 bits per heavy atom. The minimum Gasteiger partial charge on any atom is -0.378 e. The fraction of sp³-hybridized carbons (Fsp3) is 0.125. The monoisotopic (exact) mass is 411 g/mol. The molecule has 0 aliphatic carbocycles. The molecular weight excluding hydrogens is 398 g/mol. The molecule has 7 heteroatoms. The zero-order chi connectivity index (χ0) is 17.0. The maximum absolute atomic E-state index is 12.2. The predicted molar refractivity (Wildman–Crippen MR) is 104 cm³/mol. The van der Waals surface area contributed by atoms with Gasteiger partial charge in [-0.2, -0.15) is 0 Å². The predicted octanol–water partition coefficient (Wildman–Crippen LogP) is 4.30. The van der Waals surface area contributed by atoms with Crippen LogP contribution < -0.4 is 15.5 Å². The second-order valence-corrected chi connectivity index (χ2v) is 6.70. The lowest BCUT2D eigenvalue weighted by Gasteiger charge is -2.14. The minimum atomic E-state index is -0.362. The third kappa shape index (κ3) is 4.92. The first-order valence-corrected chi connectivity index (χ1v) is 8.29. The number of amides is 1. The summed E-state index contributed by atoms with van der Waals surface area (Å²) in [5.74, 6) is -0.362. The smallest absolute Gasteiger partial charge is 0.258 e. The lowest BCUT2D eigenvalue weighted by atomic mass is 10.2. The summed E-state index contributed by atoms with van der Waals surface area (Å²) in [6, 6.07) is 12.8. The largest absolute Gasteiger partial charge is 0.378 e. The van der Waals surface area contributed by atoms with Gasteiger partial charge in [-0.3, -0.25) is 10.1 Å². The summed E-state index contributed by atoms with van der Waals surface area (Å²) in [6.45, 7) is 0. The van der Waals surface area contributed by atoms with E-state index in [1.54, 1.807) is 18.2 Å². The average molecular weight is 413 g/mol. The van der Waals surface area contributed by atoms with Crippen LogP contribution in [-0.2, 0) is 0 Å². The molecule has 1 amide bonds. The van der Waals surface area contributed by atoms with Gasteiger partial charge in [-0.15, -0.1) is 0 Å². The maximum atomic E-state index is 12.2. The van der Waals surface area contributed by atoms with Crippen molar-refractivity contribution in [3.8, 4) is 0 Å². The SMILES string of the molecule is CN(C)c1ccc(NC(=S)NC(=O)c2cc(Br)ccc2Cl)cc1. The van der Waals surface area contributed by atoms with E-state index in [0.29, 0.717) is 10.6 Å². The van der Waals surface area contributed by atoms with Gasteiger partial charge in [0.15, 0.2) is 5.11 Å². The molecule has 2 rings (SSSR count). The van der Waals surface area contributed by atoms with Crippen LogP contribution in [0.5, 0.6) is 0 Å². The van der Waals surface area contributed by atoms with E-state index in [1.807, 2.05) is 43.3 Å². The summed E-state index contributed by atoms with van der Waals surface area (Å²) in [7, 11) is 3.93. The second-order valence-electron chi connectivity index (χ2n) is 4.97. The van der Waals surface area contributed by atoms with Gasteiger partial charge >= 0.3 is 0 Å². The molecule has 120 valence electrons. The van der Waals surface area contributed by atoms with E-state index in [1.165, 1.54) is 0 Å². The molecule has 0 aromatic heterocycles. The first kappa shape index (κ1) is 17.7. The molecule has 0 saturated carbocycles. The van der Waals surface area contributed by atoms with Gasteiger partial charge in [0.25, 0.3) is 5.91 Å². The number of rotatable bonds is 3. The third-order valence-electron chi connectivity index (χ3n) is 3.04. The first-order chi connectivity index (χ1) is 10.9. The van der Waals surface area contributed by atoms with Crippen molar-refractivity contribution in [2.24, 2.45) is 0 Å². The summed E-state index contributed by atoms with van der Waals surface area (Å²) in [5, 5.41) is 6.16. The highest BCUT2D eigenvalue weighted by Crippen LogP contribution is 2.21. The minimum absolute atomic E-state index is 0.212. The number of nitrogens with one attached hydrogen (secondary N) is 2. The lowest BCUT2D eigenvalue weighted by molar-refractivity contribution is 0.0978. The van der Waals surface area contributed by atoms with E-state index in [9.17, 15) is 4.79 Å². The van der Waals surface area contributed by atoms with E-state index in [0.717, 1.165) is 15.8 Å². The maximum Gasteiger partial charge on any atom is 0.258 e. The molecule has 2 aromatic rings. The summed E-state index contributed by atoms with van der Waals surface area (Å²) >= 11 is 14.5. The van der Waals surface area contributed by atoms with Crippen LogP contribution >= 0.6 is 39.7 Å². The Labute approximate surface area is 153 Å². The van der Waals surface area contributed by atoms with Gasteiger partial charge in [0.2, 0.25) is 0 Å². The standard InChI is InChI=1S/C16H15BrClN3OS/c1-21(2)12-6-4-11(5-7-12)19-16(23)20-15(22)13-9-10(17)3-8-14(13)18/h3-9H,1-2H3,(H2,19,20,22,23). The first-order valence-electron chi connectivity index (χ1n) is 6.71. The highest BCUT2D eigenvalue weighted by Gasteiger charge is 2.12. The quantitative estimate of drug-likeness (QED) is 0.738. The van der Waals surface area contributed by atoms with Crippen molar-refractivity contribution in [2.75, 3.05) is 24.3 Å². The van der Waals surface area contributed by atoms with Crippen LogP contribution in [0, 0.1) is 0 Å². The zero-order valence-corrected chi connectivity index (χ0v) is 15.7. The molecule has 0 saturated heterocycles. The Bertz CT molecular complexity index is 735. The number of benzene rings is 2. The Balaban J connectivity index is 2.01. The van der Waals surface area contributed by atoms with Gasteiger partial charge in [-0.25, -0.2) is 0 Å². The van der Waals surface area contributed by atoms with Gasteiger partial charge in [0.1, 0.15) is 0 Å². The second kappa shape index (κ2) is 7.77. The Morgan fingerprint density at radius 2 is 1.83 bits per heavy atom. The zero-order valence-electron chi connectivity index (χ0n) is 12.6. The Hall–Kier alpha value is -1.63. The van der Waals surface area contributed by atoms with E-state index in [4.69, 9.17) is 23.8 Å². The average Bonchev–Trinajstić information content (AvgIpc) is 2.50. The molecule has 0 unspecified atom stereocenters. The normalized spacial score (nSPS) is 10.1. The van der Waals surface area contributed by atoms with Crippen LogP contribution in [0.2, 0.25) is 5.02 Å². The molecule has 0 aliphatic rings. The molecule has 0 heterocycles. The summed E-state index contributed by atoms with van der Waals surface area (Å²) < 4.78 is 0.769. The van der Waals surface area contributed by atoms with Gasteiger partial charge < -0.3 is 10.2 Å². The summed E-state index contributed by atoms with van der Waals surface area (Å²) in [5.41, 5.74) is 2.22. The van der Waals surface area contributed by atoms with Crippen LogP contribution in [-0.4, -0.2) is 25.1 Å². The molecular formula is C16H15BrClN3OS. The van der Waals surface area contributed by atoms with Gasteiger partial charge in [0.05, 0.1) is 10.6 Å². The molecule has 4 nitrogen and oxygen atoms in total.